The van der Waals surface area contributed by atoms with Gasteiger partial charge in [0.2, 0.25) is 0 Å². The lowest BCUT2D eigenvalue weighted by molar-refractivity contribution is -0.274. The molecule has 0 spiro atoms. The van der Waals surface area contributed by atoms with E-state index >= 15 is 0 Å². The fourth-order valence-electron chi connectivity index (χ4n) is 5.75. The predicted molar refractivity (Wildman–Crippen MR) is 119 cm³/mol. The van der Waals surface area contributed by atoms with E-state index in [-0.39, 0.29) is 5.75 Å². The van der Waals surface area contributed by atoms with E-state index in [0.29, 0.717) is 0 Å². The normalized spacial score (nSPS) is 25.3. The van der Waals surface area contributed by atoms with Crippen LogP contribution in [0.2, 0.25) is 5.82 Å². The first-order valence-electron chi connectivity index (χ1n) is 12.3. The van der Waals surface area contributed by atoms with Crippen LogP contribution in [-0.2, 0) is 6.32 Å². The van der Waals surface area contributed by atoms with Crippen molar-refractivity contribution in [3.05, 3.63) is 29.8 Å². The number of hydrogen-bond acceptors (Lipinski definition) is 1. The summed E-state index contributed by atoms with van der Waals surface area (Å²) in [4.78, 5) is 0. The molecule has 2 aliphatic rings. The highest BCUT2D eigenvalue weighted by Crippen LogP contribution is 2.37. The van der Waals surface area contributed by atoms with Crippen LogP contribution in [0.25, 0.3) is 0 Å². The van der Waals surface area contributed by atoms with Crippen LogP contribution in [0.3, 0.4) is 0 Å². The zero-order chi connectivity index (χ0) is 21.2. The molecular weight excluding hydrogens is 384 g/mol. The first-order chi connectivity index (χ1) is 14.5. The van der Waals surface area contributed by atoms with Crippen molar-refractivity contribution in [2.75, 3.05) is 0 Å². The summed E-state index contributed by atoms with van der Waals surface area (Å²) in [5, 5.41) is 0. The molecule has 1 aromatic carbocycles. The van der Waals surface area contributed by atoms with Crippen LogP contribution in [0.1, 0.15) is 95.5 Å². The maximum atomic E-state index is 12.3. The van der Waals surface area contributed by atoms with E-state index in [2.05, 4.69) is 4.74 Å². The highest BCUT2D eigenvalue weighted by molar-refractivity contribution is 6.37. The van der Waals surface area contributed by atoms with Crippen molar-refractivity contribution in [2.45, 2.75) is 108 Å². The van der Waals surface area contributed by atoms with Gasteiger partial charge in [-0.15, -0.1) is 13.2 Å². The molecule has 2 fully saturated rings. The SMILES string of the molecule is FC(F)(F)Oc1ccc(CBC2CCCC(C3CCCCCCCC3)CCC2)cc1. The Hall–Kier alpha value is -1.13. The van der Waals surface area contributed by atoms with Gasteiger partial charge in [0.05, 0.1) is 0 Å². The molecule has 0 heterocycles. The zero-order valence-electron chi connectivity index (χ0n) is 18.4. The van der Waals surface area contributed by atoms with Gasteiger partial charge in [-0.3, -0.25) is 0 Å². The lowest BCUT2D eigenvalue weighted by Crippen LogP contribution is -2.19. The lowest BCUT2D eigenvalue weighted by atomic mass is 9.56. The van der Waals surface area contributed by atoms with E-state index in [4.69, 9.17) is 0 Å². The van der Waals surface area contributed by atoms with Crippen molar-refractivity contribution in [3.63, 3.8) is 0 Å². The monoisotopic (exact) mass is 422 g/mol. The Bertz CT molecular complexity index is 581. The van der Waals surface area contributed by atoms with Gasteiger partial charge in [0.25, 0.3) is 0 Å². The minimum atomic E-state index is -4.62. The molecule has 0 radical (unpaired) electrons. The number of alkyl halides is 3. The lowest BCUT2D eigenvalue weighted by Gasteiger charge is -2.30. The van der Waals surface area contributed by atoms with Gasteiger partial charge in [-0.25, -0.2) is 0 Å². The van der Waals surface area contributed by atoms with E-state index in [9.17, 15) is 13.2 Å². The Morgan fingerprint density at radius 2 is 1.20 bits per heavy atom. The van der Waals surface area contributed by atoms with Gasteiger partial charge in [0.15, 0.2) is 0 Å². The van der Waals surface area contributed by atoms with Crippen molar-refractivity contribution in [3.8, 4) is 5.75 Å². The third-order valence-electron chi connectivity index (χ3n) is 7.44. The summed E-state index contributed by atoms with van der Waals surface area (Å²) in [6.45, 7) is 0. The van der Waals surface area contributed by atoms with Crippen molar-refractivity contribution in [2.24, 2.45) is 11.8 Å². The van der Waals surface area contributed by atoms with E-state index in [1.807, 2.05) is 0 Å². The molecule has 2 saturated carbocycles. The topological polar surface area (TPSA) is 9.23 Å². The van der Waals surface area contributed by atoms with E-state index in [1.165, 1.54) is 102 Å². The molecule has 0 saturated heterocycles. The second-order valence-corrected chi connectivity index (χ2v) is 9.68. The number of benzene rings is 1. The van der Waals surface area contributed by atoms with E-state index in [1.54, 1.807) is 12.1 Å². The minimum Gasteiger partial charge on any atom is -0.406 e. The summed E-state index contributed by atoms with van der Waals surface area (Å²) in [5.74, 6) is 2.55. The average Bonchev–Trinajstić information content (AvgIpc) is 2.81. The molecule has 0 bridgehead atoms. The summed E-state index contributed by atoms with van der Waals surface area (Å²) >= 11 is 0. The van der Waals surface area contributed by atoms with Gasteiger partial charge >= 0.3 is 6.36 Å². The van der Waals surface area contributed by atoms with Gasteiger partial charge in [0.1, 0.15) is 13.0 Å². The smallest absolute Gasteiger partial charge is 0.406 e. The number of halogens is 3. The second-order valence-electron chi connectivity index (χ2n) is 9.68. The Balaban J connectivity index is 1.40. The molecule has 3 rings (SSSR count). The molecule has 0 N–H and O–H groups in total. The molecule has 0 aliphatic heterocycles. The zero-order valence-corrected chi connectivity index (χ0v) is 18.4. The van der Waals surface area contributed by atoms with Crippen molar-refractivity contribution >= 4 is 7.28 Å². The van der Waals surface area contributed by atoms with Crippen LogP contribution in [0, 0.1) is 11.8 Å². The molecule has 5 heteroatoms. The first kappa shape index (κ1) is 23.5. The molecule has 30 heavy (non-hydrogen) atoms. The molecule has 0 aromatic heterocycles. The Morgan fingerprint density at radius 3 is 1.73 bits per heavy atom. The highest BCUT2D eigenvalue weighted by Gasteiger charge is 2.31. The molecule has 0 atom stereocenters. The Kier molecular flexibility index (Phi) is 9.45. The molecule has 0 unspecified atom stereocenters. The van der Waals surface area contributed by atoms with Crippen molar-refractivity contribution < 1.29 is 17.9 Å². The average molecular weight is 422 g/mol. The van der Waals surface area contributed by atoms with Gasteiger partial charge in [0, 0.05) is 0 Å². The Labute approximate surface area is 181 Å². The van der Waals surface area contributed by atoms with Crippen LogP contribution in [0.4, 0.5) is 13.2 Å². The first-order valence-corrected chi connectivity index (χ1v) is 12.3. The number of rotatable bonds is 5. The molecule has 1 nitrogen and oxygen atoms in total. The maximum absolute atomic E-state index is 12.3. The van der Waals surface area contributed by atoms with Gasteiger partial charge in [-0.05, 0) is 24.0 Å². The summed E-state index contributed by atoms with van der Waals surface area (Å²) in [6.07, 6.45) is 16.0. The molecule has 2 aliphatic carbocycles. The highest BCUT2D eigenvalue weighted by atomic mass is 19.4. The molecular formula is C25H38BF3O. The van der Waals surface area contributed by atoms with Crippen LogP contribution in [0.15, 0.2) is 24.3 Å². The third kappa shape index (κ3) is 8.55. The predicted octanol–water partition coefficient (Wildman–Crippen LogP) is 8.03. The standard InChI is InChI=1S/C25H38BF3O/c27-25(28,29)30-24-17-15-20(16-18-24)19-26-23-13-7-11-22(12-8-14-23)21-9-5-3-1-2-4-6-10-21/h15-18,21-23,26H,1-14,19H2. The molecule has 168 valence electrons. The maximum Gasteiger partial charge on any atom is 0.573 e. The van der Waals surface area contributed by atoms with Crippen LogP contribution < -0.4 is 4.74 Å². The van der Waals surface area contributed by atoms with Crippen LogP contribution in [0.5, 0.6) is 5.75 Å². The third-order valence-corrected chi connectivity index (χ3v) is 7.44. The second kappa shape index (κ2) is 12.1. The fraction of sp³-hybridized carbons (Fsp3) is 0.760. The van der Waals surface area contributed by atoms with E-state index < -0.39 is 6.36 Å². The summed E-state index contributed by atoms with van der Waals surface area (Å²) < 4.78 is 40.8. The summed E-state index contributed by atoms with van der Waals surface area (Å²) in [7, 11) is 1.15. The van der Waals surface area contributed by atoms with Crippen molar-refractivity contribution in [1.82, 2.24) is 0 Å². The number of ether oxygens (including phenoxy) is 1. The Morgan fingerprint density at radius 1 is 0.700 bits per heavy atom. The van der Waals surface area contributed by atoms with Crippen LogP contribution in [-0.4, -0.2) is 13.6 Å². The van der Waals surface area contributed by atoms with Gasteiger partial charge < -0.3 is 4.74 Å². The van der Waals surface area contributed by atoms with Crippen LogP contribution >= 0.6 is 0 Å². The van der Waals surface area contributed by atoms with Gasteiger partial charge in [-0.1, -0.05) is 120 Å². The minimum absolute atomic E-state index is 0.131. The van der Waals surface area contributed by atoms with Gasteiger partial charge in [-0.2, -0.15) is 0 Å². The van der Waals surface area contributed by atoms with Crippen molar-refractivity contribution in [1.29, 1.82) is 0 Å². The fourth-order valence-corrected chi connectivity index (χ4v) is 5.75. The number of hydrogen-bond donors (Lipinski definition) is 0. The summed E-state index contributed by atoms with van der Waals surface area (Å²) in [5.41, 5.74) is 1.11. The largest absolute Gasteiger partial charge is 0.573 e. The molecule has 0 amide bonds. The molecule has 1 aromatic rings. The van der Waals surface area contributed by atoms with E-state index in [0.717, 1.165) is 36.8 Å². The quantitative estimate of drug-likeness (QED) is 0.437. The summed E-state index contributed by atoms with van der Waals surface area (Å²) in [6, 6.07) is 6.42.